The van der Waals surface area contributed by atoms with Crippen molar-refractivity contribution in [3.8, 4) is 11.5 Å². The van der Waals surface area contributed by atoms with Crippen LogP contribution >= 0.6 is 12.2 Å². The number of para-hydroxylation sites is 1. The molecule has 1 N–H and O–H groups in total. The van der Waals surface area contributed by atoms with Crippen LogP contribution in [0.2, 0.25) is 0 Å². The lowest BCUT2D eigenvalue weighted by atomic mass is 9.96. The van der Waals surface area contributed by atoms with E-state index in [0.717, 1.165) is 29.4 Å². The Morgan fingerprint density at radius 1 is 0.944 bits per heavy atom. The molecule has 0 bridgehead atoms. The summed E-state index contributed by atoms with van der Waals surface area (Å²) in [6.45, 7) is 5.78. The van der Waals surface area contributed by atoms with E-state index in [9.17, 15) is 0 Å². The summed E-state index contributed by atoms with van der Waals surface area (Å²) in [6.07, 6.45) is 1.83. The van der Waals surface area contributed by atoms with E-state index in [-0.39, 0.29) is 12.1 Å². The van der Waals surface area contributed by atoms with Gasteiger partial charge in [0, 0.05) is 36.9 Å². The molecule has 2 unspecified atom stereocenters. The predicted molar refractivity (Wildman–Crippen MR) is 147 cm³/mol. The van der Waals surface area contributed by atoms with E-state index in [4.69, 9.17) is 21.7 Å². The molecule has 1 aliphatic heterocycles. The number of nitrogens with zero attached hydrogens (tertiary/aromatic N) is 3. The first-order chi connectivity index (χ1) is 17.6. The first-order valence-electron chi connectivity index (χ1n) is 12.1. The zero-order valence-electron chi connectivity index (χ0n) is 20.7. The Labute approximate surface area is 217 Å². The molecule has 0 saturated carbocycles. The Morgan fingerprint density at radius 3 is 2.36 bits per heavy atom. The maximum absolute atomic E-state index is 6.01. The summed E-state index contributed by atoms with van der Waals surface area (Å²) >= 11 is 5.90. The van der Waals surface area contributed by atoms with Crippen LogP contribution in [-0.4, -0.2) is 28.4 Å². The summed E-state index contributed by atoms with van der Waals surface area (Å²) in [6, 6.07) is 26.0. The van der Waals surface area contributed by atoms with Crippen LogP contribution in [0.15, 0.2) is 85.1 Å². The van der Waals surface area contributed by atoms with Gasteiger partial charge < -0.3 is 24.3 Å². The molecule has 1 fully saturated rings. The molecule has 6 nitrogen and oxygen atoms in total. The van der Waals surface area contributed by atoms with Gasteiger partial charge in [-0.2, -0.15) is 0 Å². The molecule has 36 heavy (non-hydrogen) atoms. The Bertz CT molecular complexity index is 1320. The minimum Gasteiger partial charge on any atom is -0.457 e. The predicted octanol–water partition coefficient (Wildman–Crippen LogP) is 6.12. The van der Waals surface area contributed by atoms with Gasteiger partial charge in [0.15, 0.2) is 5.11 Å². The van der Waals surface area contributed by atoms with Crippen LogP contribution in [0.3, 0.4) is 0 Å². The number of aryl methyl sites for hydroxylation is 1. The highest BCUT2D eigenvalue weighted by Gasteiger charge is 2.42. The van der Waals surface area contributed by atoms with Crippen molar-refractivity contribution >= 4 is 23.0 Å². The van der Waals surface area contributed by atoms with E-state index >= 15 is 0 Å². The van der Waals surface area contributed by atoms with Gasteiger partial charge in [-0.15, -0.1) is 0 Å². The minimum atomic E-state index is -0.0877. The molecule has 184 valence electrons. The van der Waals surface area contributed by atoms with E-state index in [1.165, 1.54) is 17.0 Å². The van der Waals surface area contributed by atoms with Gasteiger partial charge in [0.25, 0.3) is 0 Å². The smallest absolute Gasteiger partial charge is 0.174 e. The van der Waals surface area contributed by atoms with Crippen molar-refractivity contribution in [2.45, 2.75) is 32.5 Å². The molecule has 1 saturated heterocycles. The zero-order chi connectivity index (χ0) is 25.1. The highest BCUT2D eigenvalue weighted by molar-refractivity contribution is 7.80. The lowest BCUT2D eigenvalue weighted by Crippen LogP contribution is -2.29. The van der Waals surface area contributed by atoms with Gasteiger partial charge in [-0.1, -0.05) is 24.3 Å². The van der Waals surface area contributed by atoms with Gasteiger partial charge in [0.05, 0.1) is 24.4 Å². The lowest BCUT2D eigenvalue weighted by Gasteiger charge is -2.28. The van der Waals surface area contributed by atoms with Crippen molar-refractivity contribution in [1.29, 1.82) is 0 Å². The van der Waals surface area contributed by atoms with E-state index in [1.54, 1.807) is 7.11 Å². The molecule has 4 aromatic rings. The lowest BCUT2D eigenvalue weighted by molar-refractivity contribution is 0.186. The molecule has 2 atom stereocenters. The fourth-order valence-electron chi connectivity index (χ4n) is 4.90. The third-order valence-corrected chi connectivity index (χ3v) is 6.96. The van der Waals surface area contributed by atoms with E-state index in [2.05, 4.69) is 57.9 Å². The second kappa shape index (κ2) is 10.5. The molecule has 0 radical (unpaired) electrons. The average Bonchev–Trinajstić information content (AvgIpc) is 3.39. The third kappa shape index (κ3) is 4.72. The summed E-state index contributed by atoms with van der Waals surface area (Å²) in [4.78, 5) is 6.87. The molecular formula is C29H30N4O2S. The number of hydrogen-bond donors (Lipinski definition) is 1. The van der Waals surface area contributed by atoms with Gasteiger partial charge in [-0.25, -0.2) is 0 Å². The molecule has 5 rings (SSSR count). The quantitative estimate of drug-likeness (QED) is 0.296. The summed E-state index contributed by atoms with van der Waals surface area (Å²) in [5.74, 6) is 1.58. The van der Waals surface area contributed by atoms with Crippen molar-refractivity contribution in [3.05, 3.63) is 108 Å². The topological polar surface area (TPSA) is 51.5 Å². The van der Waals surface area contributed by atoms with Crippen LogP contribution < -0.4 is 15.0 Å². The fourth-order valence-corrected chi connectivity index (χ4v) is 5.25. The van der Waals surface area contributed by atoms with Crippen LogP contribution in [0.5, 0.6) is 11.5 Å². The highest BCUT2D eigenvalue weighted by Crippen LogP contribution is 2.43. The largest absolute Gasteiger partial charge is 0.457 e. The second-order valence-electron chi connectivity index (χ2n) is 8.88. The van der Waals surface area contributed by atoms with Crippen molar-refractivity contribution in [2.75, 3.05) is 18.6 Å². The number of benzene rings is 2. The molecule has 2 aromatic carbocycles. The first kappa shape index (κ1) is 24.0. The molecule has 2 aromatic heterocycles. The number of hydrogen-bond acceptors (Lipinski definition) is 4. The fraction of sp³-hybridized carbons (Fsp3) is 0.241. The standard InChI is InChI=1S/C29H30N4O2S/c1-20-19-25(21(2)32(20)17-18-34-3)28-27(26-11-7-8-16-30-26)31-29(36)33(28)22-12-14-24(15-13-22)35-23-9-5-4-6-10-23/h4-16,19,27-28H,17-18H2,1-3H3,(H,31,36). The van der Waals surface area contributed by atoms with Gasteiger partial charge in [0.1, 0.15) is 11.5 Å². The number of ether oxygens (including phenoxy) is 2. The molecule has 1 aliphatic rings. The highest BCUT2D eigenvalue weighted by atomic mass is 32.1. The molecule has 0 amide bonds. The van der Waals surface area contributed by atoms with E-state index in [1.807, 2.05) is 60.8 Å². The van der Waals surface area contributed by atoms with Gasteiger partial charge >= 0.3 is 0 Å². The summed E-state index contributed by atoms with van der Waals surface area (Å²) in [7, 11) is 1.73. The monoisotopic (exact) mass is 498 g/mol. The first-order valence-corrected chi connectivity index (χ1v) is 12.5. The number of anilines is 1. The maximum Gasteiger partial charge on any atom is 0.174 e. The number of thiocarbonyl (C=S) groups is 1. The number of nitrogens with one attached hydrogen (secondary N) is 1. The van der Waals surface area contributed by atoms with Crippen LogP contribution in [0, 0.1) is 13.8 Å². The van der Waals surface area contributed by atoms with E-state index in [0.29, 0.717) is 11.7 Å². The minimum absolute atomic E-state index is 0.0595. The Morgan fingerprint density at radius 2 is 1.67 bits per heavy atom. The zero-order valence-corrected chi connectivity index (χ0v) is 21.5. The van der Waals surface area contributed by atoms with Crippen LogP contribution in [-0.2, 0) is 11.3 Å². The van der Waals surface area contributed by atoms with Crippen LogP contribution in [0.25, 0.3) is 0 Å². The Balaban J connectivity index is 1.53. The Kier molecular flexibility index (Phi) is 7.02. The SMILES string of the molecule is COCCn1c(C)cc(C2C(c3ccccn3)NC(=S)N2c2ccc(Oc3ccccc3)cc2)c1C. The number of methoxy groups -OCH3 is 1. The number of aromatic nitrogens is 2. The third-order valence-electron chi connectivity index (χ3n) is 6.64. The van der Waals surface area contributed by atoms with Crippen molar-refractivity contribution in [2.24, 2.45) is 0 Å². The number of pyridine rings is 1. The van der Waals surface area contributed by atoms with E-state index < -0.39 is 0 Å². The van der Waals surface area contributed by atoms with Crippen molar-refractivity contribution in [3.63, 3.8) is 0 Å². The van der Waals surface area contributed by atoms with Crippen molar-refractivity contribution in [1.82, 2.24) is 14.9 Å². The van der Waals surface area contributed by atoms with Gasteiger partial charge in [0.2, 0.25) is 0 Å². The van der Waals surface area contributed by atoms with Gasteiger partial charge in [-0.05, 0) is 86.2 Å². The second-order valence-corrected chi connectivity index (χ2v) is 9.26. The maximum atomic E-state index is 6.01. The Hall–Kier alpha value is -3.68. The van der Waals surface area contributed by atoms with Crippen LogP contribution in [0.1, 0.15) is 34.7 Å². The summed E-state index contributed by atoms with van der Waals surface area (Å²) in [5, 5.41) is 4.23. The summed E-state index contributed by atoms with van der Waals surface area (Å²) < 4.78 is 13.7. The molecule has 7 heteroatoms. The molecule has 0 aliphatic carbocycles. The van der Waals surface area contributed by atoms with Crippen LogP contribution in [0.4, 0.5) is 5.69 Å². The molecular weight excluding hydrogens is 468 g/mol. The van der Waals surface area contributed by atoms with Gasteiger partial charge in [-0.3, -0.25) is 4.98 Å². The number of rotatable bonds is 8. The molecule has 3 heterocycles. The summed E-state index contributed by atoms with van der Waals surface area (Å²) in [5.41, 5.74) is 5.58. The normalized spacial score (nSPS) is 17.3. The average molecular weight is 499 g/mol. The van der Waals surface area contributed by atoms with Crippen molar-refractivity contribution < 1.29 is 9.47 Å². The molecule has 0 spiro atoms.